The van der Waals surface area contributed by atoms with Crippen molar-refractivity contribution in [3.8, 4) is 6.07 Å². The van der Waals surface area contributed by atoms with Crippen LogP contribution in [0.25, 0.3) is 0 Å². The molecule has 1 heterocycles. The summed E-state index contributed by atoms with van der Waals surface area (Å²) in [5.74, 6) is 0.683. The number of nitrogens with zero attached hydrogens (tertiary/aromatic N) is 3. The third-order valence-electron chi connectivity index (χ3n) is 3.06. The molecule has 1 N–H and O–H groups in total. The summed E-state index contributed by atoms with van der Waals surface area (Å²) in [7, 11) is 1.74. The summed E-state index contributed by atoms with van der Waals surface area (Å²) < 4.78 is 5.48. The van der Waals surface area contributed by atoms with Crippen LogP contribution in [0.2, 0.25) is 0 Å². The van der Waals surface area contributed by atoms with Gasteiger partial charge in [-0.1, -0.05) is 0 Å². The SMILES string of the molecule is COC1(CNc2cnc(C#N)cn2)CCC1. The van der Waals surface area contributed by atoms with Crippen LogP contribution in [0.3, 0.4) is 0 Å². The Balaban J connectivity index is 1.92. The Bertz CT molecular complexity index is 386. The number of ether oxygens (including phenoxy) is 1. The first-order valence-electron chi connectivity index (χ1n) is 5.29. The molecule has 0 amide bonds. The molecule has 84 valence electrons. The van der Waals surface area contributed by atoms with E-state index in [1.807, 2.05) is 6.07 Å². The summed E-state index contributed by atoms with van der Waals surface area (Å²) >= 11 is 0. The molecule has 0 bridgehead atoms. The third kappa shape index (κ3) is 2.12. The third-order valence-corrected chi connectivity index (χ3v) is 3.06. The van der Waals surface area contributed by atoms with Crippen LogP contribution in [-0.4, -0.2) is 29.2 Å². The van der Waals surface area contributed by atoms with Crippen LogP contribution in [0.15, 0.2) is 12.4 Å². The van der Waals surface area contributed by atoms with Crippen molar-refractivity contribution in [1.82, 2.24) is 9.97 Å². The molecule has 1 fully saturated rings. The first kappa shape index (κ1) is 10.8. The van der Waals surface area contributed by atoms with Gasteiger partial charge in [0.1, 0.15) is 11.9 Å². The maximum atomic E-state index is 8.58. The van der Waals surface area contributed by atoms with E-state index in [1.165, 1.54) is 12.6 Å². The predicted octanol–water partition coefficient (Wildman–Crippen LogP) is 1.33. The molecule has 0 radical (unpaired) electrons. The lowest BCUT2D eigenvalue weighted by atomic mass is 9.80. The van der Waals surface area contributed by atoms with Gasteiger partial charge in [-0.15, -0.1) is 0 Å². The van der Waals surface area contributed by atoms with E-state index in [1.54, 1.807) is 13.3 Å². The minimum absolute atomic E-state index is 0.0322. The standard InChI is InChI=1S/C11H14N4O/c1-16-11(3-2-4-11)8-15-10-7-13-9(5-12)6-14-10/h6-7H,2-4,8H2,1H3,(H,14,15). The largest absolute Gasteiger partial charge is 0.376 e. The number of nitriles is 1. The van der Waals surface area contributed by atoms with Crippen LogP contribution < -0.4 is 5.32 Å². The minimum atomic E-state index is -0.0322. The highest BCUT2D eigenvalue weighted by molar-refractivity contribution is 5.33. The van der Waals surface area contributed by atoms with E-state index in [0.29, 0.717) is 11.5 Å². The first-order valence-corrected chi connectivity index (χ1v) is 5.29. The molecular formula is C11H14N4O. The van der Waals surface area contributed by atoms with Gasteiger partial charge in [0, 0.05) is 13.7 Å². The molecule has 1 saturated carbocycles. The Morgan fingerprint density at radius 3 is 2.75 bits per heavy atom. The number of aromatic nitrogens is 2. The predicted molar refractivity (Wildman–Crippen MR) is 58.8 cm³/mol. The normalized spacial score (nSPS) is 17.2. The van der Waals surface area contributed by atoms with Crippen LogP contribution in [0.1, 0.15) is 25.0 Å². The number of anilines is 1. The average molecular weight is 218 g/mol. The average Bonchev–Trinajstić information content (AvgIpc) is 2.29. The Hall–Kier alpha value is -1.67. The monoisotopic (exact) mass is 218 g/mol. The van der Waals surface area contributed by atoms with Gasteiger partial charge >= 0.3 is 0 Å². The molecule has 5 heteroatoms. The Kier molecular flexibility index (Phi) is 3.02. The second kappa shape index (κ2) is 4.45. The molecule has 1 aliphatic rings. The molecule has 5 nitrogen and oxygen atoms in total. The van der Waals surface area contributed by atoms with E-state index in [9.17, 15) is 0 Å². The molecule has 2 rings (SSSR count). The highest BCUT2D eigenvalue weighted by atomic mass is 16.5. The van der Waals surface area contributed by atoms with Gasteiger partial charge in [0.2, 0.25) is 0 Å². The fraction of sp³-hybridized carbons (Fsp3) is 0.545. The van der Waals surface area contributed by atoms with Crippen LogP contribution in [0.5, 0.6) is 0 Å². The second-order valence-corrected chi connectivity index (χ2v) is 3.99. The van der Waals surface area contributed by atoms with Crippen molar-refractivity contribution in [2.75, 3.05) is 19.0 Å². The van der Waals surface area contributed by atoms with E-state index in [4.69, 9.17) is 10.00 Å². The zero-order valence-electron chi connectivity index (χ0n) is 9.23. The lowest BCUT2D eigenvalue weighted by Gasteiger charge is -2.40. The summed E-state index contributed by atoms with van der Waals surface area (Å²) in [5.41, 5.74) is 0.297. The highest BCUT2D eigenvalue weighted by Gasteiger charge is 2.36. The van der Waals surface area contributed by atoms with Gasteiger partial charge in [-0.2, -0.15) is 5.26 Å². The molecule has 0 atom stereocenters. The van der Waals surface area contributed by atoms with Crippen molar-refractivity contribution >= 4 is 5.82 Å². The minimum Gasteiger partial charge on any atom is -0.376 e. The lowest BCUT2D eigenvalue weighted by Crippen LogP contribution is -2.45. The van der Waals surface area contributed by atoms with E-state index in [2.05, 4.69) is 15.3 Å². The maximum Gasteiger partial charge on any atom is 0.158 e. The van der Waals surface area contributed by atoms with Crippen molar-refractivity contribution in [2.24, 2.45) is 0 Å². The van der Waals surface area contributed by atoms with Gasteiger partial charge in [0.05, 0.1) is 18.0 Å². The topological polar surface area (TPSA) is 70.8 Å². The van der Waals surface area contributed by atoms with Crippen LogP contribution >= 0.6 is 0 Å². The van der Waals surface area contributed by atoms with Crippen LogP contribution in [-0.2, 0) is 4.74 Å². The Morgan fingerprint density at radius 2 is 2.31 bits per heavy atom. The van der Waals surface area contributed by atoms with Gasteiger partial charge in [0.15, 0.2) is 5.69 Å². The van der Waals surface area contributed by atoms with Crippen molar-refractivity contribution < 1.29 is 4.74 Å². The van der Waals surface area contributed by atoms with Gasteiger partial charge in [-0.05, 0) is 19.3 Å². The number of nitrogens with one attached hydrogen (secondary N) is 1. The fourth-order valence-electron chi connectivity index (χ4n) is 1.75. The fourth-order valence-corrected chi connectivity index (χ4v) is 1.75. The molecule has 1 aliphatic carbocycles. The van der Waals surface area contributed by atoms with Crippen LogP contribution in [0, 0.1) is 11.3 Å². The van der Waals surface area contributed by atoms with Crippen molar-refractivity contribution in [3.05, 3.63) is 18.1 Å². The number of hydrogen-bond acceptors (Lipinski definition) is 5. The van der Waals surface area contributed by atoms with Crippen molar-refractivity contribution in [2.45, 2.75) is 24.9 Å². The number of rotatable bonds is 4. The highest BCUT2D eigenvalue weighted by Crippen LogP contribution is 2.34. The number of hydrogen-bond donors (Lipinski definition) is 1. The molecule has 0 aromatic carbocycles. The van der Waals surface area contributed by atoms with Gasteiger partial charge < -0.3 is 10.1 Å². The van der Waals surface area contributed by atoms with Gasteiger partial charge in [-0.25, -0.2) is 9.97 Å². The van der Waals surface area contributed by atoms with E-state index in [0.717, 1.165) is 19.4 Å². The zero-order chi connectivity index (χ0) is 11.4. The molecule has 0 saturated heterocycles. The summed E-state index contributed by atoms with van der Waals surface area (Å²) in [5, 5.41) is 11.8. The van der Waals surface area contributed by atoms with E-state index < -0.39 is 0 Å². The first-order chi connectivity index (χ1) is 7.78. The molecule has 0 unspecified atom stereocenters. The quantitative estimate of drug-likeness (QED) is 0.825. The smallest absolute Gasteiger partial charge is 0.158 e. The second-order valence-electron chi connectivity index (χ2n) is 3.99. The zero-order valence-corrected chi connectivity index (χ0v) is 9.23. The van der Waals surface area contributed by atoms with Crippen molar-refractivity contribution in [1.29, 1.82) is 5.26 Å². The molecule has 1 aromatic rings. The summed E-state index contributed by atoms with van der Waals surface area (Å²) in [6.07, 6.45) is 6.41. The Morgan fingerprint density at radius 1 is 1.50 bits per heavy atom. The molecule has 16 heavy (non-hydrogen) atoms. The van der Waals surface area contributed by atoms with Crippen molar-refractivity contribution in [3.63, 3.8) is 0 Å². The molecule has 0 spiro atoms. The lowest BCUT2D eigenvalue weighted by molar-refractivity contribution is -0.0601. The van der Waals surface area contributed by atoms with E-state index in [-0.39, 0.29) is 5.60 Å². The van der Waals surface area contributed by atoms with Gasteiger partial charge in [0.25, 0.3) is 0 Å². The number of methoxy groups -OCH3 is 1. The summed E-state index contributed by atoms with van der Waals surface area (Å²) in [6.45, 7) is 0.740. The molecular weight excluding hydrogens is 204 g/mol. The van der Waals surface area contributed by atoms with E-state index >= 15 is 0 Å². The Labute approximate surface area is 94.5 Å². The summed E-state index contributed by atoms with van der Waals surface area (Å²) in [6, 6.07) is 1.93. The molecule has 0 aliphatic heterocycles. The molecule has 1 aromatic heterocycles. The summed E-state index contributed by atoms with van der Waals surface area (Å²) in [4.78, 5) is 8.03. The van der Waals surface area contributed by atoms with Crippen LogP contribution in [0.4, 0.5) is 5.82 Å². The van der Waals surface area contributed by atoms with Gasteiger partial charge in [-0.3, -0.25) is 0 Å². The maximum absolute atomic E-state index is 8.58.